The van der Waals surface area contributed by atoms with Gasteiger partial charge in [0.25, 0.3) is 0 Å². The van der Waals surface area contributed by atoms with Crippen LogP contribution in [0, 0.1) is 0 Å². The van der Waals surface area contributed by atoms with E-state index in [2.05, 4.69) is 9.97 Å². The minimum absolute atomic E-state index is 0.0694. The van der Waals surface area contributed by atoms with Crippen LogP contribution >= 0.6 is 0 Å². The van der Waals surface area contributed by atoms with E-state index < -0.39 is 5.97 Å². The summed E-state index contributed by atoms with van der Waals surface area (Å²) in [5.74, 6) is -1.00. The molecular weight excluding hydrogens is 170 g/mol. The van der Waals surface area contributed by atoms with Crippen molar-refractivity contribution in [1.82, 2.24) is 9.97 Å². The van der Waals surface area contributed by atoms with E-state index >= 15 is 0 Å². The van der Waals surface area contributed by atoms with E-state index in [4.69, 9.17) is 0 Å². The maximum Gasteiger partial charge on any atom is 0.118 e. The molecule has 0 saturated carbocycles. The molecule has 0 spiro atoms. The molecule has 0 amide bonds. The highest BCUT2D eigenvalue weighted by atomic mass is 16.4. The van der Waals surface area contributed by atoms with Gasteiger partial charge < -0.3 is 19.4 Å². The van der Waals surface area contributed by atoms with Gasteiger partial charge in [0.2, 0.25) is 0 Å². The number of carbonyl (C=O) groups is 1. The quantitative estimate of drug-likeness (QED) is 0.592. The van der Waals surface area contributed by atoms with Crippen LogP contribution in [-0.4, -0.2) is 48.1 Å². The van der Waals surface area contributed by atoms with Crippen LogP contribution in [0.5, 0.6) is 0 Å². The summed E-state index contributed by atoms with van der Waals surface area (Å²) in [4.78, 5) is 16.3. The van der Waals surface area contributed by atoms with Crippen LogP contribution in [0.25, 0.3) is 0 Å². The number of nitrogens with zero attached hydrogens (tertiary/aromatic N) is 2. The standard InChI is InChI=1S/C5H11NO2.C3H4N2/c1-6(2,3)4-5(7)8;1-2-5-3-4-1/h4H2,1-3H3;1-3H,(H,4,5). The molecule has 0 aliphatic heterocycles. The summed E-state index contributed by atoms with van der Waals surface area (Å²) in [6.45, 7) is 0.0694. The highest BCUT2D eigenvalue weighted by Crippen LogP contribution is 1.84. The van der Waals surface area contributed by atoms with Gasteiger partial charge >= 0.3 is 0 Å². The second kappa shape index (κ2) is 5.31. The van der Waals surface area contributed by atoms with Crippen molar-refractivity contribution in [3.05, 3.63) is 18.7 Å². The number of carbonyl (C=O) groups excluding carboxylic acids is 1. The van der Waals surface area contributed by atoms with Crippen molar-refractivity contribution in [1.29, 1.82) is 0 Å². The van der Waals surface area contributed by atoms with E-state index in [1.807, 2.05) is 0 Å². The van der Waals surface area contributed by atoms with Gasteiger partial charge in [-0.25, -0.2) is 4.98 Å². The summed E-state index contributed by atoms with van der Waals surface area (Å²) < 4.78 is 0.419. The fourth-order valence-corrected chi connectivity index (χ4v) is 0.602. The first-order chi connectivity index (χ1) is 5.92. The number of hydrogen-bond acceptors (Lipinski definition) is 3. The third-order valence-corrected chi connectivity index (χ3v) is 1.01. The molecule has 5 nitrogen and oxygen atoms in total. The molecule has 1 N–H and O–H groups in total. The molecule has 0 atom stereocenters. The fraction of sp³-hybridized carbons (Fsp3) is 0.500. The summed E-state index contributed by atoms with van der Waals surface area (Å²) in [5.41, 5.74) is 0. The van der Waals surface area contributed by atoms with Crippen molar-refractivity contribution in [3.63, 3.8) is 0 Å². The molecular formula is C8H15N3O2. The van der Waals surface area contributed by atoms with Gasteiger partial charge in [0, 0.05) is 12.4 Å². The van der Waals surface area contributed by atoms with Crippen LogP contribution < -0.4 is 5.11 Å². The van der Waals surface area contributed by atoms with Crippen LogP contribution in [-0.2, 0) is 4.79 Å². The molecule has 1 rings (SSSR count). The zero-order valence-electron chi connectivity index (χ0n) is 8.15. The number of aromatic amines is 1. The molecule has 0 saturated heterocycles. The smallest absolute Gasteiger partial charge is 0.118 e. The van der Waals surface area contributed by atoms with E-state index in [-0.39, 0.29) is 6.54 Å². The molecule has 0 aromatic carbocycles. The third kappa shape index (κ3) is 10.6. The van der Waals surface area contributed by atoms with Crippen molar-refractivity contribution < 1.29 is 14.4 Å². The Morgan fingerprint density at radius 3 is 2.23 bits per heavy atom. The molecule has 0 fully saturated rings. The average molecular weight is 185 g/mol. The minimum atomic E-state index is -1.00. The Morgan fingerprint density at radius 2 is 2.15 bits per heavy atom. The summed E-state index contributed by atoms with van der Waals surface area (Å²) in [7, 11) is 5.40. The minimum Gasteiger partial charge on any atom is -0.544 e. The van der Waals surface area contributed by atoms with E-state index in [9.17, 15) is 9.90 Å². The van der Waals surface area contributed by atoms with Crippen molar-refractivity contribution >= 4 is 5.97 Å². The first kappa shape index (κ1) is 11.6. The SMILES string of the molecule is C[N+](C)(C)CC(=O)[O-].c1c[nH]cn1. The molecule has 5 heteroatoms. The van der Waals surface area contributed by atoms with Gasteiger partial charge in [-0.2, -0.15) is 0 Å². The Morgan fingerprint density at radius 1 is 1.54 bits per heavy atom. The van der Waals surface area contributed by atoms with Crippen molar-refractivity contribution in [2.75, 3.05) is 27.7 Å². The number of hydrogen-bond donors (Lipinski definition) is 1. The fourth-order valence-electron chi connectivity index (χ4n) is 0.602. The summed E-state index contributed by atoms with van der Waals surface area (Å²) >= 11 is 0. The molecule has 0 bridgehead atoms. The van der Waals surface area contributed by atoms with Crippen LogP contribution in [0.3, 0.4) is 0 Å². The van der Waals surface area contributed by atoms with Crippen LogP contribution in [0.4, 0.5) is 0 Å². The molecule has 1 heterocycles. The molecule has 1 aromatic heterocycles. The molecule has 0 unspecified atom stereocenters. The second-order valence-electron chi connectivity index (χ2n) is 3.58. The van der Waals surface area contributed by atoms with Crippen molar-refractivity contribution in [3.8, 4) is 0 Å². The van der Waals surface area contributed by atoms with Crippen molar-refractivity contribution in [2.45, 2.75) is 0 Å². The molecule has 13 heavy (non-hydrogen) atoms. The van der Waals surface area contributed by atoms with Gasteiger partial charge in [-0.1, -0.05) is 0 Å². The summed E-state index contributed by atoms with van der Waals surface area (Å²) in [5, 5.41) is 9.89. The lowest BCUT2D eigenvalue weighted by Gasteiger charge is -2.23. The monoisotopic (exact) mass is 185 g/mol. The number of likely N-dealkylation sites (N-methyl/N-ethyl adjacent to an activating group) is 1. The van der Waals surface area contributed by atoms with E-state index in [0.29, 0.717) is 4.48 Å². The predicted octanol–water partition coefficient (Wildman–Crippen LogP) is -1.15. The van der Waals surface area contributed by atoms with E-state index in [0.717, 1.165) is 0 Å². The zero-order chi connectivity index (χ0) is 10.3. The molecule has 0 radical (unpaired) electrons. The highest BCUT2D eigenvalue weighted by Gasteiger charge is 2.04. The average Bonchev–Trinajstić information content (AvgIpc) is 2.33. The summed E-state index contributed by atoms with van der Waals surface area (Å²) in [6, 6.07) is 0. The number of carboxylic acid groups (broad SMARTS) is 1. The number of rotatable bonds is 2. The van der Waals surface area contributed by atoms with Gasteiger partial charge in [0.1, 0.15) is 6.54 Å². The number of imidazole rings is 1. The Balaban J connectivity index is 0.000000243. The first-order valence-electron chi connectivity index (χ1n) is 3.85. The lowest BCUT2D eigenvalue weighted by molar-refractivity contribution is -0.864. The number of aromatic nitrogens is 2. The van der Waals surface area contributed by atoms with Crippen molar-refractivity contribution in [2.24, 2.45) is 0 Å². The topological polar surface area (TPSA) is 68.8 Å². The van der Waals surface area contributed by atoms with Crippen LogP contribution in [0.15, 0.2) is 18.7 Å². The Kier molecular flexibility index (Phi) is 4.76. The van der Waals surface area contributed by atoms with E-state index in [1.165, 1.54) is 0 Å². The van der Waals surface area contributed by atoms with Gasteiger partial charge in [-0.3, -0.25) is 0 Å². The number of aliphatic carboxylic acids is 1. The largest absolute Gasteiger partial charge is 0.544 e. The number of carboxylic acids is 1. The first-order valence-corrected chi connectivity index (χ1v) is 3.85. The molecule has 0 aliphatic carbocycles. The molecule has 0 aliphatic rings. The van der Waals surface area contributed by atoms with Crippen LogP contribution in [0.2, 0.25) is 0 Å². The maximum atomic E-state index is 9.89. The Labute approximate surface area is 77.6 Å². The zero-order valence-corrected chi connectivity index (χ0v) is 8.15. The lowest BCUT2D eigenvalue weighted by atomic mass is 10.5. The van der Waals surface area contributed by atoms with Gasteiger partial charge in [0.05, 0.1) is 33.4 Å². The van der Waals surface area contributed by atoms with Gasteiger partial charge in [-0.15, -0.1) is 0 Å². The molecule has 1 aromatic rings. The second-order valence-corrected chi connectivity index (χ2v) is 3.58. The maximum absolute atomic E-state index is 9.89. The Hall–Kier alpha value is -1.36. The number of nitrogens with one attached hydrogen (secondary N) is 1. The Bertz CT molecular complexity index is 209. The summed E-state index contributed by atoms with van der Waals surface area (Å²) in [6.07, 6.45) is 5.08. The number of quaternary nitrogens is 1. The predicted molar refractivity (Wildman–Crippen MR) is 46.5 cm³/mol. The third-order valence-electron chi connectivity index (χ3n) is 1.01. The van der Waals surface area contributed by atoms with Gasteiger partial charge in [-0.05, 0) is 0 Å². The van der Waals surface area contributed by atoms with Crippen LogP contribution in [0.1, 0.15) is 0 Å². The van der Waals surface area contributed by atoms with Gasteiger partial charge in [0.15, 0.2) is 0 Å². The molecule has 74 valence electrons. The van der Waals surface area contributed by atoms with E-state index in [1.54, 1.807) is 39.9 Å². The number of H-pyrrole nitrogens is 1. The lowest BCUT2D eigenvalue weighted by Crippen LogP contribution is -2.45. The highest BCUT2D eigenvalue weighted by molar-refractivity contribution is 5.65. The normalized spacial score (nSPS) is 10.1.